The maximum atomic E-state index is 2.50. The molecule has 65 heavy (non-hydrogen) atoms. The minimum Gasteiger partial charge on any atom is -0.310 e. The Kier molecular flexibility index (Phi) is 8.50. The highest BCUT2D eigenvalue weighted by atomic mass is 32.1. The molecule has 0 atom stereocenters. The van der Waals surface area contributed by atoms with Crippen LogP contribution in [0.2, 0.25) is 0 Å². The number of hydrogen-bond donors (Lipinski definition) is 0. The number of fused-ring (bicyclic) bond motifs is 16. The van der Waals surface area contributed by atoms with E-state index in [4.69, 9.17) is 0 Å². The van der Waals surface area contributed by atoms with Crippen LogP contribution in [0.5, 0.6) is 0 Å². The number of anilines is 3. The zero-order chi connectivity index (χ0) is 43.2. The van der Waals surface area contributed by atoms with E-state index < -0.39 is 0 Å². The second-order valence-corrected chi connectivity index (χ2v) is 19.1. The van der Waals surface area contributed by atoms with Gasteiger partial charge in [0.05, 0.1) is 5.69 Å². The first-order valence-electron chi connectivity index (χ1n) is 22.6. The summed E-state index contributed by atoms with van der Waals surface area (Å²) < 4.78 is 2.60. The van der Waals surface area contributed by atoms with Gasteiger partial charge in [-0.25, -0.2) is 0 Å². The van der Waals surface area contributed by atoms with Crippen molar-refractivity contribution < 1.29 is 0 Å². The predicted octanol–water partition coefficient (Wildman–Crippen LogP) is 18.4. The lowest BCUT2D eigenvalue weighted by Crippen LogP contribution is -2.16. The molecule has 12 aromatic rings. The van der Waals surface area contributed by atoms with Crippen LogP contribution in [0.15, 0.2) is 224 Å². The van der Waals surface area contributed by atoms with E-state index in [2.05, 4.69) is 243 Å². The van der Waals surface area contributed by atoms with Crippen LogP contribution >= 0.6 is 11.3 Å². The summed E-state index contributed by atoms with van der Waals surface area (Å²) in [4.78, 5) is 2.50. The van der Waals surface area contributed by atoms with Gasteiger partial charge in [0, 0.05) is 42.5 Å². The molecule has 1 aliphatic carbocycles. The molecule has 1 aromatic heterocycles. The summed E-state index contributed by atoms with van der Waals surface area (Å²) >= 11 is 1.88. The quantitative estimate of drug-likeness (QED) is 0.171. The van der Waals surface area contributed by atoms with Gasteiger partial charge in [-0.05, 0) is 130 Å². The Bertz CT molecular complexity index is 3990. The van der Waals surface area contributed by atoms with Gasteiger partial charge in [-0.15, -0.1) is 11.3 Å². The molecule has 0 N–H and O–H groups in total. The molecule has 0 amide bonds. The fourth-order valence-electron chi connectivity index (χ4n) is 11.0. The Morgan fingerprint density at radius 1 is 0.308 bits per heavy atom. The summed E-state index contributed by atoms with van der Waals surface area (Å²) in [6, 6.07) is 83.9. The largest absolute Gasteiger partial charge is 0.310 e. The molecule has 0 unspecified atom stereocenters. The van der Waals surface area contributed by atoms with E-state index in [0.717, 1.165) is 17.1 Å². The first-order chi connectivity index (χ1) is 32.0. The minimum atomic E-state index is -0.153. The van der Waals surface area contributed by atoms with Crippen LogP contribution in [-0.4, -0.2) is 0 Å². The number of hydrogen-bond acceptors (Lipinski definition) is 2. The van der Waals surface area contributed by atoms with E-state index in [-0.39, 0.29) is 5.41 Å². The van der Waals surface area contributed by atoms with Gasteiger partial charge in [-0.1, -0.05) is 190 Å². The van der Waals surface area contributed by atoms with Crippen LogP contribution in [0.3, 0.4) is 0 Å². The van der Waals surface area contributed by atoms with Gasteiger partial charge in [-0.3, -0.25) is 0 Å². The maximum Gasteiger partial charge on any atom is 0.0540 e. The molecule has 0 spiro atoms. The standard InChI is InChI=1S/C63H43NS/c1-63(2)58-29-15-12-27-51(58)52-35-33-42(37-59(52)63)64(60-30-16-13-20-43(60)40-18-4-3-5-19-40)41-32-34-50-54(36-41)48-25-10-8-23-46(48)44-21-6-7-22-45(44)47-24-9-11-26-49(47)55-38-57-53-28-14-17-31-61(53)65-62(57)39-56(50)55/h3-39H,1-2H3. The van der Waals surface area contributed by atoms with Crippen molar-refractivity contribution in [2.24, 2.45) is 0 Å². The number of thiophene rings is 1. The molecule has 1 nitrogen and oxygen atoms in total. The van der Waals surface area contributed by atoms with Gasteiger partial charge < -0.3 is 4.90 Å². The second-order valence-electron chi connectivity index (χ2n) is 18.0. The lowest BCUT2D eigenvalue weighted by Gasteiger charge is -2.30. The van der Waals surface area contributed by atoms with Crippen LogP contribution in [0.1, 0.15) is 25.0 Å². The van der Waals surface area contributed by atoms with Crippen LogP contribution in [0.4, 0.5) is 17.1 Å². The number of benzene rings is 10. The summed E-state index contributed by atoms with van der Waals surface area (Å²) in [5, 5.41) is 14.9. The topological polar surface area (TPSA) is 3.24 Å². The van der Waals surface area contributed by atoms with Crippen LogP contribution in [-0.2, 0) is 5.41 Å². The fraction of sp³-hybridized carbons (Fsp3) is 0.0476. The van der Waals surface area contributed by atoms with Crippen molar-refractivity contribution in [1.29, 1.82) is 0 Å². The molecular formula is C63H43NS. The monoisotopic (exact) mass is 845 g/mol. The molecule has 306 valence electrons. The van der Waals surface area contributed by atoms with E-state index in [0.29, 0.717) is 0 Å². The highest BCUT2D eigenvalue weighted by Crippen LogP contribution is 2.52. The van der Waals surface area contributed by atoms with Gasteiger partial charge in [0.2, 0.25) is 0 Å². The Balaban J connectivity index is 1.19. The lowest BCUT2D eigenvalue weighted by molar-refractivity contribution is 0.660. The third kappa shape index (κ3) is 5.84. The van der Waals surface area contributed by atoms with E-state index in [1.807, 2.05) is 11.3 Å². The fourth-order valence-corrected chi connectivity index (χ4v) is 12.1. The molecule has 11 aromatic carbocycles. The van der Waals surface area contributed by atoms with Crippen LogP contribution in [0.25, 0.3) is 96.3 Å². The van der Waals surface area contributed by atoms with Crippen molar-refractivity contribution in [1.82, 2.24) is 0 Å². The molecule has 0 aliphatic heterocycles. The smallest absolute Gasteiger partial charge is 0.0540 e. The third-order valence-corrected chi connectivity index (χ3v) is 15.2. The van der Waals surface area contributed by atoms with Gasteiger partial charge in [0.1, 0.15) is 0 Å². The first-order valence-corrected chi connectivity index (χ1v) is 23.4. The van der Waals surface area contributed by atoms with E-state index in [9.17, 15) is 0 Å². The van der Waals surface area contributed by atoms with E-state index >= 15 is 0 Å². The summed E-state index contributed by atoms with van der Waals surface area (Å²) in [6.07, 6.45) is 0. The number of nitrogens with zero attached hydrogens (tertiary/aromatic N) is 1. The van der Waals surface area contributed by atoms with Gasteiger partial charge in [0.25, 0.3) is 0 Å². The van der Waals surface area contributed by atoms with E-state index in [1.165, 1.54) is 107 Å². The molecule has 0 bridgehead atoms. The molecule has 0 saturated carbocycles. The summed E-state index contributed by atoms with van der Waals surface area (Å²) in [7, 11) is 0. The average molecular weight is 846 g/mol. The van der Waals surface area contributed by atoms with Crippen molar-refractivity contribution >= 4 is 102 Å². The summed E-state index contributed by atoms with van der Waals surface area (Å²) in [6.45, 7) is 4.75. The number of rotatable bonds is 4. The Hall–Kier alpha value is -7.78. The molecule has 0 saturated heterocycles. The normalized spacial score (nSPS) is 12.9. The van der Waals surface area contributed by atoms with Gasteiger partial charge >= 0.3 is 0 Å². The maximum absolute atomic E-state index is 2.50. The van der Waals surface area contributed by atoms with Crippen molar-refractivity contribution in [3.8, 4) is 22.3 Å². The Morgan fingerprint density at radius 3 is 1.48 bits per heavy atom. The highest BCUT2D eigenvalue weighted by Gasteiger charge is 2.36. The molecule has 0 radical (unpaired) electrons. The highest BCUT2D eigenvalue weighted by molar-refractivity contribution is 7.25. The molecule has 2 heteroatoms. The zero-order valence-electron chi connectivity index (χ0n) is 36.2. The number of para-hydroxylation sites is 1. The zero-order valence-corrected chi connectivity index (χ0v) is 37.0. The molecule has 0 fully saturated rings. The van der Waals surface area contributed by atoms with Crippen LogP contribution in [0, 0.1) is 0 Å². The predicted molar refractivity (Wildman–Crippen MR) is 282 cm³/mol. The van der Waals surface area contributed by atoms with Crippen LogP contribution < -0.4 is 4.90 Å². The van der Waals surface area contributed by atoms with Crippen molar-refractivity contribution in [3.63, 3.8) is 0 Å². The van der Waals surface area contributed by atoms with Gasteiger partial charge in [0.15, 0.2) is 0 Å². The lowest BCUT2D eigenvalue weighted by atomic mass is 9.82. The molecule has 13 rings (SSSR count). The third-order valence-electron chi connectivity index (χ3n) is 14.1. The van der Waals surface area contributed by atoms with Crippen molar-refractivity contribution in [2.45, 2.75) is 19.3 Å². The Labute approximate surface area is 382 Å². The average Bonchev–Trinajstić information content (AvgIpc) is 3.84. The Morgan fingerprint density at radius 2 is 0.785 bits per heavy atom. The van der Waals surface area contributed by atoms with Gasteiger partial charge in [-0.2, -0.15) is 0 Å². The van der Waals surface area contributed by atoms with Crippen molar-refractivity contribution in [3.05, 3.63) is 236 Å². The minimum absolute atomic E-state index is 0.153. The van der Waals surface area contributed by atoms with E-state index in [1.54, 1.807) is 0 Å². The molecule has 1 aliphatic rings. The van der Waals surface area contributed by atoms with Crippen molar-refractivity contribution in [2.75, 3.05) is 4.90 Å². The second kappa shape index (κ2) is 14.6. The SMILES string of the molecule is CC1(C)c2ccccc2-c2ccc(N(c3ccc4c(c3)c3ccccc3c3ccccc3c3ccccc3c3cc5c(cc43)sc3ccccc35)c3ccccc3-c3ccccc3)cc21. The molecular weight excluding hydrogens is 803 g/mol. The summed E-state index contributed by atoms with van der Waals surface area (Å²) in [5.74, 6) is 0. The summed E-state index contributed by atoms with van der Waals surface area (Å²) in [5.41, 5.74) is 10.9. The first kappa shape index (κ1) is 37.7. The molecule has 1 heterocycles.